The Morgan fingerprint density at radius 2 is 1.96 bits per heavy atom. The maximum absolute atomic E-state index is 12.8. The van der Waals surface area contributed by atoms with Gasteiger partial charge in [0.15, 0.2) is 0 Å². The van der Waals surface area contributed by atoms with Gasteiger partial charge in [0.2, 0.25) is 0 Å². The monoisotopic (exact) mass is 325 g/mol. The van der Waals surface area contributed by atoms with Gasteiger partial charge in [0.25, 0.3) is 0 Å². The van der Waals surface area contributed by atoms with E-state index in [1.807, 2.05) is 20.8 Å². The van der Waals surface area contributed by atoms with Gasteiger partial charge in [-0.25, -0.2) is 0 Å². The fraction of sp³-hybridized carbons (Fsp3) is 0.882. The van der Waals surface area contributed by atoms with E-state index in [1.54, 1.807) is 0 Å². The van der Waals surface area contributed by atoms with Crippen LogP contribution in [0, 0.1) is 11.3 Å². The van der Waals surface area contributed by atoms with Crippen LogP contribution in [0.3, 0.4) is 0 Å². The van der Waals surface area contributed by atoms with Crippen LogP contribution in [0.2, 0.25) is 0 Å². The van der Waals surface area contributed by atoms with Crippen molar-refractivity contribution in [2.24, 2.45) is 11.3 Å². The van der Waals surface area contributed by atoms with Gasteiger partial charge >= 0.3 is 11.9 Å². The molecule has 0 saturated carbocycles. The van der Waals surface area contributed by atoms with E-state index < -0.39 is 22.5 Å². The summed E-state index contributed by atoms with van der Waals surface area (Å²) < 4.78 is 16.9. The Labute approximate surface area is 137 Å². The summed E-state index contributed by atoms with van der Waals surface area (Å²) in [6, 6.07) is 0. The van der Waals surface area contributed by atoms with Crippen molar-refractivity contribution in [3.05, 3.63) is 0 Å². The van der Waals surface area contributed by atoms with Crippen LogP contribution in [-0.2, 0) is 23.8 Å². The summed E-state index contributed by atoms with van der Waals surface area (Å²) >= 11 is 0. The van der Waals surface area contributed by atoms with Crippen LogP contribution < -0.4 is 5.32 Å². The first kappa shape index (κ1) is 16.7. The van der Waals surface area contributed by atoms with Gasteiger partial charge in [-0.15, -0.1) is 0 Å². The number of hydrogen-bond acceptors (Lipinski definition) is 6. The lowest BCUT2D eigenvalue weighted by molar-refractivity contribution is -0.180. The molecule has 6 nitrogen and oxygen atoms in total. The van der Waals surface area contributed by atoms with Crippen molar-refractivity contribution < 1.29 is 23.8 Å². The second kappa shape index (κ2) is 5.74. The molecule has 3 fully saturated rings. The number of rotatable bonds is 1. The molecule has 0 radical (unpaired) electrons. The number of carbonyl (C=O) groups is 2. The van der Waals surface area contributed by atoms with E-state index in [2.05, 4.69) is 5.32 Å². The summed E-state index contributed by atoms with van der Waals surface area (Å²) in [5.74, 6) is -1.16. The first-order valence-electron chi connectivity index (χ1n) is 8.51. The number of hydrogen-bond donors (Lipinski definition) is 1. The molecule has 1 N–H and O–H groups in total. The van der Waals surface area contributed by atoms with Crippen LogP contribution in [-0.4, -0.2) is 49.4 Å². The molecule has 0 aromatic heterocycles. The summed E-state index contributed by atoms with van der Waals surface area (Å²) in [4.78, 5) is 25.5. The molecule has 3 rings (SSSR count). The fourth-order valence-corrected chi connectivity index (χ4v) is 4.05. The minimum Gasteiger partial charge on any atom is -0.460 e. The molecule has 3 aliphatic rings. The second-order valence-electron chi connectivity index (χ2n) is 8.07. The highest BCUT2D eigenvalue weighted by Crippen LogP contribution is 2.53. The SMILES string of the molecule is CC(C)(C)OC(=O)C1COCCC12CC1(CCNCC1)OC2=O. The van der Waals surface area contributed by atoms with E-state index in [1.165, 1.54) is 0 Å². The summed E-state index contributed by atoms with van der Waals surface area (Å²) in [6.45, 7) is 7.92. The van der Waals surface area contributed by atoms with Crippen LogP contribution in [0.5, 0.6) is 0 Å². The van der Waals surface area contributed by atoms with Gasteiger partial charge in [-0.2, -0.15) is 0 Å². The zero-order valence-electron chi connectivity index (χ0n) is 14.3. The molecule has 23 heavy (non-hydrogen) atoms. The Morgan fingerprint density at radius 3 is 2.61 bits per heavy atom. The highest BCUT2D eigenvalue weighted by molar-refractivity contribution is 5.87. The highest BCUT2D eigenvalue weighted by atomic mass is 16.6. The molecule has 0 bridgehead atoms. The van der Waals surface area contributed by atoms with E-state index in [0.29, 0.717) is 19.4 Å². The third-order valence-electron chi connectivity index (χ3n) is 5.20. The number of nitrogens with one attached hydrogen (secondary N) is 1. The molecule has 0 aromatic rings. The van der Waals surface area contributed by atoms with Crippen molar-refractivity contribution in [3.8, 4) is 0 Å². The maximum atomic E-state index is 12.8. The largest absolute Gasteiger partial charge is 0.460 e. The smallest absolute Gasteiger partial charge is 0.313 e. The molecule has 0 aromatic carbocycles. The predicted molar refractivity (Wildman–Crippen MR) is 82.7 cm³/mol. The zero-order valence-corrected chi connectivity index (χ0v) is 14.3. The molecular weight excluding hydrogens is 298 g/mol. The lowest BCUT2D eigenvalue weighted by Crippen LogP contribution is -2.49. The first-order valence-corrected chi connectivity index (χ1v) is 8.51. The van der Waals surface area contributed by atoms with Gasteiger partial charge in [-0.1, -0.05) is 0 Å². The summed E-state index contributed by atoms with van der Waals surface area (Å²) in [5.41, 5.74) is -1.78. The number of piperidine rings is 1. The standard InChI is InChI=1S/C17H27NO5/c1-15(2,3)22-13(19)12-10-21-9-6-17(12)11-16(23-14(17)20)4-7-18-8-5-16/h12,18H,4-11H2,1-3H3. The highest BCUT2D eigenvalue weighted by Gasteiger charge is 2.63. The number of carbonyl (C=O) groups excluding carboxylic acids is 2. The Hall–Kier alpha value is -1.14. The van der Waals surface area contributed by atoms with Crippen LogP contribution >= 0.6 is 0 Å². The molecule has 2 atom stereocenters. The van der Waals surface area contributed by atoms with E-state index in [0.717, 1.165) is 25.9 Å². The summed E-state index contributed by atoms with van der Waals surface area (Å²) in [6.07, 6.45) is 2.75. The summed E-state index contributed by atoms with van der Waals surface area (Å²) in [7, 11) is 0. The first-order chi connectivity index (χ1) is 10.8. The summed E-state index contributed by atoms with van der Waals surface area (Å²) in [5, 5.41) is 3.30. The Balaban J connectivity index is 1.85. The van der Waals surface area contributed by atoms with Gasteiger partial charge in [-0.05, 0) is 53.1 Å². The van der Waals surface area contributed by atoms with Gasteiger partial charge < -0.3 is 19.5 Å². The van der Waals surface area contributed by atoms with Gasteiger partial charge in [0, 0.05) is 13.0 Å². The van der Waals surface area contributed by atoms with Crippen molar-refractivity contribution in [2.45, 2.75) is 57.7 Å². The minimum atomic E-state index is -0.780. The molecule has 2 unspecified atom stereocenters. The minimum absolute atomic E-state index is 0.234. The molecule has 130 valence electrons. The molecule has 6 heteroatoms. The lowest BCUT2D eigenvalue weighted by atomic mass is 9.66. The quantitative estimate of drug-likeness (QED) is 0.735. The van der Waals surface area contributed by atoms with Gasteiger partial charge in [0.05, 0.1) is 17.9 Å². The average molecular weight is 325 g/mol. The molecule has 3 heterocycles. The van der Waals surface area contributed by atoms with Crippen molar-refractivity contribution in [1.29, 1.82) is 0 Å². The van der Waals surface area contributed by atoms with Crippen LogP contribution in [0.1, 0.15) is 46.5 Å². The molecule has 2 spiro atoms. The Kier molecular flexibility index (Phi) is 4.17. The normalized spacial score (nSPS) is 33.7. The van der Waals surface area contributed by atoms with Crippen LogP contribution in [0.4, 0.5) is 0 Å². The van der Waals surface area contributed by atoms with E-state index in [4.69, 9.17) is 14.2 Å². The molecule has 0 aliphatic carbocycles. The lowest BCUT2D eigenvalue weighted by Gasteiger charge is -2.39. The molecule has 0 amide bonds. The van der Waals surface area contributed by atoms with Gasteiger partial charge in [0.1, 0.15) is 11.2 Å². The van der Waals surface area contributed by atoms with Crippen LogP contribution in [0.25, 0.3) is 0 Å². The fourth-order valence-electron chi connectivity index (χ4n) is 4.05. The van der Waals surface area contributed by atoms with Crippen molar-refractivity contribution >= 4 is 11.9 Å². The second-order valence-corrected chi connectivity index (χ2v) is 8.07. The van der Waals surface area contributed by atoms with E-state index >= 15 is 0 Å². The van der Waals surface area contributed by atoms with E-state index in [9.17, 15) is 9.59 Å². The predicted octanol–water partition coefficient (Wildman–Crippen LogP) is 1.42. The third-order valence-corrected chi connectivity index (χ3v) is 5.20. The maximum Gasteiger partial charge on any atom is 0.313 e. The average Bonchev–Trinajstić information content (AvgIpc) is 2.70. The van der Waals surface area contributed by atoms with Crippen LogP contribution in [0.15, 0.2) is 0 Å². The van der Waals surface area contributed by atoms with E-state index in [-0.39, 0.29) is 18.5 Å². The third kappa shape index (κ3) is 3.11. The Bertz CT molecular complexity index is 492. The van der Waals surface area contributed by atoms with Gasteiger partial charge in [-0.3, -0.25) is 9.59 Å². The molecule has 3 aliphatic heterocycles. The van der Waals surface area contributed by atoms with Crippen molar-refractivity contribution in [3.63, 3.8) is 0 Å². The topological polar surface area (TPSA) is 73.9 Å². The zero-order chi connectivity index (χ0) is 16.7. The molecule has 3 saturated heterocycles. The Morgan fingerprint density at radius 1 is 1.26 bits per heavy atom. The number of esters is 2. The molecular formula is C17H27NO5. The van der Waals surface area contributed by atoms with Crippen molar-refractivity contribution in [2.75, 3.05) is 26.3 Å². The van der Waals surface area contributed by atoms with Crippen molar-refractivity contribution in [1.82, 2.24) is 5.32 Å². The number of ether oxygens (including phenoxy) is 3.